The average Bonchev–Trinajstić information content (AvgIpc) is 3.30. The molecule has 2 bridgehead atoms. The zero-order chi connectivity index (χ0) is 32.9. The summed E-state index contributed by atoms with van der Waals surface area (Å²) in [5.74, 6) is 0.883. The van der Waals surface area contributed by atoms with E-state index in [0.29, 0.717) is 37.2 Å². The van der Waals surface area contributed by atoms with E-state index in [2.05, 4.69) is 38.1 Å². The van der Waals surface area contributed by atoms with Crippen molar-refractivity contribution in [2.24, 2.45) is 5.41 Å². The molecule has 2 aliphatic carbocycles. The minimum Gasteiger partial charge on any atom is -0.497 e. The van der Waals surface area contributed by atoms with Crippen molar-refractivity contribution < 1.29 is 22.7 Å². The Morgan fingerprint density at radius 2 is 1.81 bits per heavy atom. The molecular weight excluding hydrogens is 627 g/mol. The molecule has 4 atom stereocenters. The number of amides is 2. The highest BCUT2D eigenvalue weighted by Crippen LogP contribution is 2.66. The normalized spacial score (nSPS) is 28.4. The third-order valence-corrected chi connectivity index (χ3v) is 14.1. The van der Waals surface area contributed by atoms with Gasteiger partial charge in [0.05, 0.1) is 18.2 Å². The fourth-order valence-electron chi connectivity index (χ4n) is 9.86. The summed E-state index contributed by atoms with van der Waals surface area (Å²) < 4.78 is 37.4. The van der Waals surface area contributed by atoms with Crippen LogP contribution >= 0.6 is 0 Å². The van der Waals surface area contributed by atoms with Crippen LogP contribution in [0.15, 0.2) is 36.4 Å². The van der Waals surface area contributed by atoms with Crippen LogP contribution in [0.2, 0.25) is 0 Å². The lowest BCUT2D eigenvalue weighted by Crippen LogP contribution is -2.51. The first kappa shape index (κ1) is 30.6. The topological polar surface area (TPSA) is 104 Å². The Morgan fingerprint density at radius 3 is 2.50 bits per heavy atom. The van der Waals surface area contributed by atoms with Crippen LogP contribution < -0.4 is 9.46 Å². The summed E-state index contributed by atoms with van der Waals surface area (Å²) in [6.07, 6.45) is 8.43. The SMILES string of the molecule is CCN1CC2CC1CN2C(=O)C12CC1c1cc(OC)ccc1-c1c(C3CCCCC3)c3ccc(C(=O)NS(=O)(=O)N4CCC4)cc3n1C2. The summed E-state index contributed by atoms with van der Waals surface area (Å²) in [5.41, 5.74) is 5.42. The number of benzene rings is 2. The molecule has 3 saturated heterocycles. The molecule has 9 rings (SSSR count). The molecule has 1 aromatic heterocycles. The summed E-state index contributed by atoms with van der Waals surface area (Å²) in [7, 11) is -2.19. The fourth-order valence-corrected chi connectivity index (χ4v) is 11.1. The third kappa shape index (κ3) is 4.53. The molecule has 3 aromatic rings. The number of ether oxygens (including phenoxy) is 1. The van der Waals surface area contributed by atoms with Gasteiger partial charge in [-0.3, -0.25) is 14.5 Å². The monoisotopic (exact) mass is 671 g/mol. The number of piperazine rings is 1. The fraction of sp³-hybridized carbons (Fsp3) is 0.568. The Bertz CT molecular complexity index is 1950. The number of fused-ring (bicyclic) bond motifs is 9. The number of likely N-dealkylation sites (tertiary alicyclic amines) is 2. The van der Waals surface area contributed by atoms with Crippen molar-refractivity contribution in [3.05, 3.63) is 53.1 Å². The van der Waals surface area contributed by atoms with Gasteiger partial charge in [0.1, 0.15) is 5.75 Å². The molecule has 10 nitrogen and oxygen atoms in total. The first-order chi connectivity index (χ1) is 23.2. The lowest BCUT2D eigenvalue weighted by atomic mass is 9.81. The maximum atomic E-state index is 14.9. The Morgan fingerprint density at radius 1 is 1.00 bits per heavy atom. The summed E-state index contributed by atoms with van der Waals surface area (Å²) in [6, 6.07) is 12.7. The van der Waals surface area contributed by atoms with E-state index in [9.17, 15) is 18.0 Å². The second-order valence-corrected chi connectivity index (χ2v) is 16.7. The van der Waals surface area contributed by atoms with E-state index in [1.807, 2.05) is 18.2 Å². The summed E-state index contributed by atoms with van der Waals surface area (Å²) in [4.78, 5) is 33.1. The largest absolute Gasteiger partial charge is 0.497 e. The molecule has 0 spiro atoms. The van der Waals surface area contributed by atoms with E-state index < -0.39 is 21.5 Å². The molecule has 11 heteroatoms. The zero-order valence-electron chi connectivity index (χ0n) is 27.9. The molecule has 48 heavy (non-hydrogen) atoms. The van der Waals surface area contributed by atoms with Gasteiger partial charge >= 0.3 is 10.2 Å². The Kier molecular flexibility index (Phi) is 7.05. The number of hydrogen-bond acceptors (Lipinski definition) is 6. The van der Waals surface area contributed by atoms with Crippen molar-refractivity contribution in [1.29, 1.82) is 0 Å². The van der Waals surface area contributed by atoms with Gasteiger partial charge in [0, 0.05) is 72.8 Å². The molecule has 0 radical (unpaired) electrons. The van der Waals surface area contributed by atoms with Gasteiger partial charge in [0.25, 0.3) is 5.91 Å². The smallest absolute Gasteiger partial charge is 0.304 e. The first-order valence-corrected chi connectivity index (χ1v) is 19.4. The minimum atomic E-state index is -3.89. The number of likely N-dealkylation sites (N-methyl/N-ethyl adjacent to an activating group) is 1. The highest BCUT2D eigenvalue weighted by atomic mass is 32.2. The molecule has 5 fully saturated rings. The van der Waals surface area contributed by atoms with Crippen LogP contribution in [0, 0.1) is 5.41 Å². The van der Waals surface area contributed by atoms with Gasteiger partial charge in [-0.25, -0.2) is 4.72 Å². The van der Waals surface area contributed by atoms with E-state index in [1.165, 1.54) is 34.7 Å². The van der Waals surface area contributed by atoms with Crippen LogP contribution in [-0.2, 0) is 21.5 Å². The molecule has 6 aliphatic rings. The van der Waals surface area contributed by atoms with E-state index in [0.717, 1.165) is 79.6 Å². The molecule has 4 unspecified atom stereocenters. The molecule has 2 saturated carbocycles. The van der Waals surface area contributed by atoms with Crippen LogP contribution in [0.3, 0.4) is 0 Å². The molecular formula is C37H45N5O5S. The van der Waals surface area contributed by atoms with Gasteiger partial charge < -0.3 is 14.2 Å². The van der Waals surface area contributed by atoms with Crippen LogP contribution in [-0.4, -0.2) is 90.8 Å². The summed E-state index contributed by atoms with van der Waals surface area (Å²) >= 11 is 0. The number of carbonyl (C=O) groups excluding carboxylic acids is 2. The molecule has 1 N–H and O–H groups in total. The number of carbonyl (C=O) groups is 2. The number of hydrogen-bond donors (Lipinski definition) is 1. The number of nitrogens with zero attached hydrogens (tertiary/aromatic N) is 4. The van der Waals surface area contributed by atoms with Crippen LogP contribution in [0.4, 0.5) is 0 Å². The van der Waals surface area contributed by atoms with Gasteiger partial charge in [-0.15, -0.1) is 0 Å². The van der Waals surface area contributed by atoms with Gasteiger partial charge in [0.15, 0.2) is 0 Å². The highest BCUT2D eigenvalue weighted by molar-refractivity contribution is 7.87. The Balaban J connectivity index is 1.20. The van der Waals surface area contributed by atoms with E-state index in [-0.39, 0.29) is 17.9 Å². The van der Waals surface area contributed by atoms with Crippen LogP contribution in [0.25, 0.3) is 22.2 Å². The predicted molar refractivity (Wildman–Crippen MR) is 183 cm³/mol. The summed E-state index contributed by atoms with van der Waals surface area (Å²) in [6.45, 7) is 6.34. The van der Waals surface area contributed by atoms with Gasteiger partial charge in [-0.1, -0.05) is 32.3 Å². The van der Waals surface area contributed by atoms with E-state index >= 15 is 0 Å². The van der Waals surface area contributed by atoms with E-state index in [4.69, 9.17) is 4.74 Å². The first-order valence-electron chi connectivity index (χ1n) is 17.9. The standard InChI is InChI=1S/C37H45N5O5S/c1-3-39-20-26-17-25(39)21-41(26)36(44)37-19-31(37)30-18-27(47-2)11-13-28(30)34-33(23-8-5-4-6-9-23)29-12-10-24(16-32(29)42(34)22-37)35(43)38-48(45,46)40-14-7-15-40/h10-13,16,18,23,25-26,31H,3-9,14-15,17,19-22H2,1-2H3,(H,38,43). The second-order valence-electron chi connectivity index (χ2n) is 15.1. The molecule has 254 valence electrons. The minimum absolute atomic E-state index is 0.0822. The number of nitrogens with one attached hydrogen (secondary N) is 1. The van der Waals surface area contributed by atoms with Gasteiger partial charge in [-0.05, 0) is 86.0 Å². The van der Waals surface area contributed by atoms with Crippen molar-refractivity contribution in [3.63, 3.8) is 0 Å². The highest BCUT2D eigenvalue weighted by Gasteiger charge is 2.65. The number of methoxy groups -OCH3 is 1. The Labute approximate surface area is 282 Å². The lowest BCUT2D eigenvalue weighted by molar-refractivity contribution is -0.140. The van der Waals surface area contributed by atoms with Crippen LogP contribution in [0.1, 0.15) is 91.6 Å². The van der Waals surface area contributed by atoms with Crippen molar-refractivity contribution >= 4 is 32.9 Å². The van der Waals surface area contributed by atoms with Gasteiger partial charge in [0.2, 0.25) is 5.91 Å². The average molecular weight is 672 g/mol. The summed E-state index contributed by atoms with van der Waals surface area (Å²) in [5, 5.41) is 1.10. The maximum absolute atomic E-state index is 14.9. The van der Waals surface area contributed by atoms with E-state index in [1.54, 1.807) is 13.2 Å². The third-order valence-electron chi connectivity index (χ3n) is 12.6. The molecule has 5 heterocycles. The molecule has 4 aliphatic heterocycles. The zero-order valence-corrected chi connectivity index (χ0v) is 28.7. The van der Waals surface area contributed by atoms with Crippen LogP contribution in [0.5, 0.6) is 5.75 Å². The lowest BCUT2D eigenvalue weighted by Gasteiger charge is -2.36. The number of rotatable bonds is 7. The Hall–Kier alpha value is -3.41. The van der Waals surface area contributed by atoms with Crippen molar-refractivity contribution in [1.82, 2.24) is 23.4 Å². The molecule has 2 amide bonds. The maximum Gasteiger partial charge on any atom is 0.304 e. The number of aromatic nitrogens is 1. The van der Waals surface area contributed by atoms with Gasteiger partial charge in [-0.2, -0.15) is 12.7 Å². The predicted octanol–water partition coefficient (Wildman–Crippen LogP) is 4.84. The second kappa shape index (κ2) is 11.1. The van der Waals surface area contributed by atoms with Crippen molar-refractivity contribution in [2.75, 3.05) is 39.8 Å². The van der Waals surface area contributed by atoms with Crippen molar-refractivity contribution in [2.45, 2.75) is 88.8 Å². The van der Waals surface area contributed by atoms with Crippen molar-refractivity contribution in [3.8, 4) is 17.0 Å². The molecule has 2 aromatic carbocycles. The quantitative estimate of drug-likeness (QED) is 0.386.